The van der Waals surface area contributed by atoms with Gasteiger partial charge in [0.05, 0.1) is 0 Å². The normalized spacial score (nSPS) is 21.9. The second-order valence-corrected chi connectivity index (χ2v) is 7.54. The van der Waals surface area contributed by atoms with E-state index in [1.165, 1.54) is 12.8 Å². The zero-order valence-electron chi connectivity index (χ0n) is 12.5. The third-order valence-electron chi connectivity index (χ3n) is 4.42. The lowest BCUT2D eigenvalue weighted by atomic mass is 9.95. The highest BCUT2D eigenvalue weighted by molar-refractivity contribution is 8.01. The molecule has 1 unspecified atom stereocenters. The number of rotatable bonds is 6. The predicted molar refractivity (Wildman–Crippen MR) is 79.0 cm³/mol. The SMILES string of the molecule is CCSC(C)(C(=O)OC1(CC)CCCC1)C(C)C. The van der Waals surface area contributed by atoms with E-state index in [-0.39, 0.29) is 11.6 Å². The molecule has 1 saturated carbocycles. The van der Waals surface area contributed by atoms with E-state index in [9.17, 15) is 4.79 Å². The summed E-state index contributed by atoms with van der Waals surface area (Å²) < 4.78 is 5.56. The van der Waals surface area contributed by atoms with E-state index in [2.05, 4.69) is 27.7 Å². The summed E-state index contributed by atoms with van der Waals surface area (Å²) in [6.07, 6.45) is 5.42. The van der Waals surface area contributed by atoms with Crippen molar-refractivity contribution >= 4 is 17.7 Å². The average molecular weight is 272 g/mol. The van der Waals surface area contributed by atoms with Crippen LogP contribution in [0.5, 0.6) is 0 Å². The molecule has 3 heteroatoms. The molecule has 0 radical (unpaired) electrons. The monoisotopic (exact) mass is 272 g/mol. The predicted octanol–water partition coefficient (Wildman–Crippen LogP) is 4.42. The topological polar surface area (TPSA) is 26.3 Å². The van der Waals surface area contributed by atoms with Crippen LogP contribution in [-0.2, 0) is 9.53 Å². The maximum Gasteiger partial charge on any atom is 0.322 e. The van der Waals surface area contributed by atoms with Crippen LogP contribution >= 0.6 is 11.8 Å². The number of ether oxygens (including phenoxy) is 1. The van der Waals surface area contributed by atoms with E-state index >= 15 is 0 Å². The van der Waals surface area contributed by atoms with Gasteiger partial charge in [-0.15, -0.1) is 11.8 Å². The molecule has 1 atom stereocenters. The first-order chi connectivity index (χ1) is 8.40. The fraction of sp³-hybridized carbons (Fsp3) is 0.933. The van der Waals surface area contributed by atoms with Crippen LogP contribution in [0.15, 0.2) is 0 Å². The highest BCUT2D eigenvalue weighted by Gasteiger charge is 2.44. The molecular weight excluding hydrogens is 244 g/mol. The highest BCUT2D eigenvalue weighted by atomic mass is 32.2. The van der Waals surface area contributed by atoms with Gasteiger partial charge in [0.15, 0.2) is 0 Å². The van der Waals surface area contributed by atoms with Crippen molar-refractivity contribution in [3.63, 3.8) is 0 Å². The van der Waals surface area contributed by atoms with Crippen molar-refractivity contribution in [2.45, 2.75) is 77.1 Å². The summed E-state index contributed by atoms with van der Waals surface area (Å²) in [7, 11) is 0. The Morgan fingerprint density at radius 1 is 1.33 bits per heavy atom. The summed E-state index contributed by atoms with van der Waals surface area (Å²) >= 11 is 1.71. The van der Waals surface area contributed by atoms with E-state index in [1.807, 2.05) is 6.92 Å². The summed E-state index contributed by atoms with van der Waals surface area (Å²) in [6.45, 7) is 10.5. The van der Waals surface area contributed by atoms with Crippen LogP contribution in [0.25, 0.3) is 0 Å². The van der Waals surface area contributed by atoms with Crippen LogP contribution in [0, 0.1) is 5.92 Å². The van der Waals surface area contributed by atoms with Crippen LogP contribution in [-0.4, -0.2) is 22.1 Å². The zero-order chi connectivity index (χ0) is 13.8. The minimum atomic E-state index is -0.403. The third-order valence-corrected chi connectivity index (χ3v) is 5.95. The van der Waals surface area contributed by atoms with Gasteiger partial charge in [0.25, 0.3) is 0 Å². The molecular formula is C15H28O2S. The van der Waals surface area contributed by atoms with Crippen LogP contribution in [0.3, 0.4) is 0 Å². The molecule has 18 heavy (non-hydrogen) atoms. The quantitative estimate of drug-likeness (QED) is 0.670. The van der Waals surface area contributed by atoms with Crippen molar-refractivity contribution in [2.75, 3.05) is 5.75 Å². The fourth-order valence-electron chi connectivity index (χ4n) is 2.61. The molecule has 1 rings (SSSR count). The number of esters is 1. The molecule has 1 aliphatic carbocycles. The molecule has 0 saturated heterocycles. The van der Waals surface area contributed by atoms with Gasteiger partial charge in [-0.2, -0.15) is 0 Å². The van der Waals surface area contributed by atoms with E-state index in [0.29, 0.717) is 5.92 Å². The van der Waals surface area contributed by atoms with Gasteiger partial charge in [0.1, 0.15) is 10.3 Å². The van der Waals surface area contributed by atoms with Crippen molar-refractivity contribution in [2.24, 2.45) is 5.92 Å². The first-order valence-electron chi connectivity index (χ1n) is 7.27. The second-order valence-electron chi connectivity index (χ2n) is 5.83. The largest absolute Gasteiger partial charge is 0.458 e. The van der Waals surface area contributed by atoms with Crippen molar-refractivity contribution in [1.29, 1.82) is 0 Å². The Bertz CT molecular complexity index is 282. The maximum absolute atomic E-state index is 12.6. The third kappa shape index (κ3) is 3.23. The van der Waals surface area contributed by atoms with E-state index in [4.69, 9.17) is 4.74 Å². The van der Waals surface area contributed by atoms with Gasteiger partial charge < -0.3 is 4.74 Å². The summed E-state index contributed by atoms with van der Waals surface area (Å²) in [4.78, 5) is 12.6. The smallest absolute Gasteiger partial charge is 0.322 e. The molecule has 0 aromatic heterocycles. The van der Waals surface area contributed by atoms with Crippen molar-refractivity contribution in [3.8, 4) is 0 Å². The molecule has 106 valence electrons. The van der Waals surface area contributed by atoms with Gasteiger partial charge in [-0.1, -0.05) is 27.7 Å². The maximum atomic E-state index is 12.6. The molecule has 0 amide bonds. The fourth-order valence-corrected chi connectivity index (χ4v) is 3.70. The average Bonchev–Trinajstić information content (AvgIpc) is 2.78. The molecule has 2 nitrogen and oxygen atoms in total. The lowest BCUT2D eigenvalue weighted by Crippen LogP contribution is -2.44. The first kappa shape index (κ1) is 15.9. The zero-order valence-corrected chi connectivity index (χ0v) is 13.4. The van der Waals surface area contributed by atoms with Gasteiger partial charge in [0.2, 0.25) is 0 Å². The van der Waals surface area contributed by atoms with Gasteiger partial charge in [-0.05, 0) is 50.7 Å². The number of hydrogen-bond acceptors (Lipinski definition) is 3. The minimum absolute atomic E-state index is 0.00639. The summed E-state index contributed by atoms with van der Waals surface area (Å²) in [5.74, 6) is 1.24. The van der Waals surface area contributed by atoms with Crippen molar-refractivity contribution in [3.05, 3.63) is 0 Å². The Balaban J connectivity index is 2.78. The summed E-state index contributed by atoms with van der Waals surface area (Å²) in [5, 5.41) is 0. The van der Waals surface area contributed by atoms with Crippen molar-refractivity contribution < 1.29 is 9.53 Å². The molecule has 1 aliphatic rings. The number of carbonyl (C=O) groups excluding carboxylic acids is 1. The Labute approximate surface area is 116 Å². The molecule has 0 bridgehead atoms. The highest BCUT2D eigenvalue weighted by Crippen LogP contribution is 2.40. The van der Waals surface area contributed by atoms with E-state index in [1.54, 1.807) is 11.8 Å². The van der Waals surface area contributed by atoms with Gasteiger partial charge >= 0.3 is 5.97 Å². The van der Waals surface area contributed by atoms with Gasteiger partial charge in [-0.25, -0.2) is 0 Å². The van der Waals surface area contributed by atoms with Crippen molar-refractivity contribution in [1.82, 2.24) is 0 Å². The Morgan fingerprint density at radius 3 is 2.28 bits per heavy atom. The number of thioether (sulfide) groups is 1. The lowest BCUT2D eigenvalue weighted by molar-refractivity contribution is -0.163. The van der Waals surface area contributed by atoms with Gasteiger partial charge in [-0.3, -0.25) is 4.79 Å². The second kappa shape index (κ2) is 6.31. The van der Waals surface area contributed by atoms with Crippen LogP contribution in [0.1, 0.15) is 66.7 Å². The Hall–Kier alpha value is -0.180. The molecule has 0 N–H and O–H groups in total. The lowest BCUT2D eigenvalue weighted by Gasteiger charge is -2.36. The minimum Gasteiger partial charge on any atom is -0.458 e. The molecule has 0 aliphatic heterocycles. The first-order valence-corrected chi connectivity index (χ1v) is 8.26. The molecule has 0 heterocycles. The van der Waals surface area contributed by atoms with Crippen LogP contribution < -0.4 is 0 Å². The van der Waals surface area contributed by atoms with E-state index < -0.39 is 4.75 Å². The Morgan fingerprint density at radius 2 is 1.89 bits per heavy atom. The van der Waals surface area contributed by atoms with E-state index in [0.717, 1.165) is 25.0 Å². The number of hydrogen-bond donors (Lipinski definition) is 0. The molecule has 0 spiro atoms. The summed E-state index contributed by atoms with van der Waals surface area (Å²) in [6, 6.07) is 0. The standard InChI is InChI=1S/C15H28O2S/c1-6-15(10-8-9-11-15)17-13(16)14(5,12(3)4)18-7-2/h12H,6-11H2,1-5H3. The van der Waals surface area contributed by atoms with Crippen LogP contribution in [0.4, 0.5) is 0 Å². The molecule has 0 aromatic rings. The van der Waals surface area contributed by atoms with Gasteiger partial charge in [0, 0.05) is 0 Å². The molecule has 1 fully saturated rings. The number of carbonyl (C=O) groups is 1. The Kier molecular flexibility index (Phi) is 5.57. The molecule has 0 aromatic carbocycles. The van der Waals surface area contributed by atoms with Crippen LogP contribution in [0.2, 0.25) is 0 Å². The summed E-state index contributed by atoms with van der Waals surface area (Å²) in [5.41, 5.74) is -0.165.